The molecule has 62 valence electrons. The maximum atomic E-state index is 10.8. The summed E-state index contributed by atoms with van der Waals surface area (Å²) in [5.41, 5.74) is 0. The molecule has 3 amide bonds. The van der Waals surface area contributed by atoms with Gasteiger partial charge in [-0.25, -0.2) is 4.79 Å². The summed E-state index contributed by atoms with van der Waals surface area (Å²) in [5.74, 6) is -0.365. The first-order chi connectivity index (χ1) is 5.09. The van der Waals surface area contributed by atoms with Crippen molar-refractivity contribution in [3.8, 4) is 0 Å². The van der Waals surface area contributed by atoms with Crippen molar-refractivity contribution in [3.05, 3.63) is 0 Å². The monoisotopic (exact) mass is 158 g/mol. The van der Waals surface area contributed by atoms with E-state index in [-0.39, 0.29) is 12.3 Å². The molecule has 1 saturated heterocycles. The smallest absolute Gasteiger partial charge is 0.322 e. The molecule has 0 bridgehead atoms. The van der Waals surface area contributed by atoms with Gasteiger partial charge in [-0.1, -0.05) is 0 Å². The fourth-order valence-corrected chi connectivity index (χ4v) is 0.966. The second kappa shape index (κ2) is 2.87. The molecule has 0 aromatic carbocycles. The van der Waals surface area contributed by atoms with E-state index in [2.05, 4.69) is 10.6 Å². The Morgan fingerprint density at radius 1 is 1.64 bits per heavy atom. The van der Waals surface area contributed by atoms with Crippen LogP contribution in [0, 0.1) is 0 Å². The zero-order valence-corrected chi connectivity index (χ0v) is 6.13. The van der Waals surface area contributed by atoms with Crippen LogP contribution in [0.25, 0.3) is 0 Å². The van der Waals surface area contributed by atoms with Gasteiger partial charge in [0.05, 0.1) is 6.10 Å². The van der Waals surface area contributed by atoms with Crippen molar-refractivity contribution in [2.75, 3.05) is 0 Å². The van der Waals surface area contributed by atoms with E-state index in [9.17, 15) is 9.59 Å². The van der Waals surface area contributed by atoms with Gasteiger partial charge in [0.1, 0.15) is 6.04 Å². The van der Waals surface area contributed by atoms with Gasteiger partial charge in [-0.05, 0) is 6.92 Å². The molecule has 1 aliphatic rings. The number of hydrogen-bond acceptors (Lipinski definition) is 3. The maximum absolute atomic E-state index is 10.8. The molecule has 11 heavy (non-hydrogen) atoms. The molecule has 2 atom stereocenters. The normalized spacial score (nSPS) is 26.2. The topological polar surface area (TPSA) is 78.4 Å². The van der Waals surface area contributed by atoms with Crippen LogP contribution in [-0.4, -0.2) is 29.2 Å². The summed E-state index contributed by atoms with van der Waals surface area (Å²) in [4.78, 5) is 21.3. The van der Waals surface area contributed by atoms with Crippen molar-refractivity contribution in [1.82, 2.24) is 10.6 Å². The molecule has 1 rings (SSSR count). The molecule has 0 saturated carbocycles. The number of amides is 3. The molecule has 0 spiro atoms. The fraction of sp³-hybridized carbons (Fsp3) is 0.667. The lowest BCUT2D eigenvalue weighted by atomic mass is 10.1. The molecule has 5 nitrogen and oxygen atoms in total. The van der Waals surface area contributed by atoms with Crippen molar-refractivity contribution < 1.29 is 14.7 Å². The van der Waals surface area contributed by atoms with Crippen LogP contribution in [0.15, 0.2) is 0 Å². The lowest BCUT2D eigenvalue weighted by molar-refractivity contribution is -0.120. The molecule has 3 N–H and O–H groups in total. The number of aliphatic hydroxyl groups is 1. The Labute approximate surface area is 63.8 Å². The Bertz CT molecular complexity index is 190. The molecule has 1 heterocycles. The number of imide groups is 1. The minimum atomic E-state index is -0.579. The third-order valence-corrected chi connectivity index (χ3v) is 1.44. The van der Waals surface area contributed by atoms with E-state index in [1.165, 1.54) is 0 Å². The summed E-state index contributed by atoms with van der Waals surface area (Å²) in [5, 5.41) is 13.3. The molecule has 0 aromatic rings. The molecule has 0 radical (unpaired) electrons. The first-order valence-corrected chi connectivity index (χ1v) is 3.39. The summed E-state index contributed by atoms with van der Waals surface area (Å²) in [6.07, 6.45) is -0.318. The zero-order valence-electron chi connectivity index (χ0n) is 6.13. The summed E-state index contributed by atoms with van der Waals surface area (Å²) in [7, 11) is 0. The Balaban J connectivity index is 2.47. The van der Waals surface area contributed by atoms with E-state index < -0.39 is 18.2 Å². The number of urea groups is 1. The van der Waals surface area contributed by atoms with Crippen LogP contribution in [0.3, 0.4) is 0 Å². The van der Waals surface area contributed by atoms with Crippen molar-refractivity contribution in [2.24, 2.45) is 0 Å². The summed E-state index contributed by atoms with van der Waals surface area (Å²) >= 11 is 0. The molecular formula is C6H10N2O3. The highest BCUT2D eigenvalue weighted by molar-refractivity contribution is 6.04. The molecule has 0 aliphatic carbocycles. The number of aliphatic hydroxyl groups excluding tert-OH is 1. The third kappa shape index (κ3) is 1.91. The average Bonchev–Trinajstić information content (AvgIpc) is 2.09. The van der Waals surface area contributed by atoms with Crippen LogP contribution in [0.5, 0.6) is 0 Å². The van der Waals surface area contributed by atoms with E-state index in [0.717, 1.165) is 0 Å². The second-order valence-corrected chi connectivity index (χ2v) is 2.60. The minimum absolute atomic E-state index is 0.261. The zero-order chi connectivity index (χ0) is 8.43. The van der Waals surface area contributed by atoms with Gasteiger partial charge in [-0.2, -0.15) is 0 Å². The number of rotatable bonds is 2. The number of carbonyl (C=O) groups is 2. The average molecular weight is 158 g/mol. The third-order valence-electron chi connectivity index (χ3n) is 1.44. The molecule has 1 fully saturated rings. The molecule has 1 aliphatic heterocycles. The highest BCUT2D eigenvalue weighted by Gasteiger charge is 2.29. The van der Waals surface area contributed by atoms with E-state index in [1.54, 1.807) is 6.92 Å². The van der Waals surface area contributed by atoms with Crippen LogP contribution in [0.2, 0.25) is 0 Å². The standard InChI is InChI=1S/C6H10N2O3/c1-3(9)2-4-5(10)8-6(11)7-4/h3-4,9H,2H2,1H3,(H2,7,8,10,11). The van der Waals surface area contributed by atoms with Crippen LogP contribution in [-0.2, 0) is 4.79 Å². The van der Waals surface area contributed by atoms with Gasteiger partial charge in [0.25, 0.3) is 5.91 Å². The Kier molecular flexibility index (Phi) is 2.09. The fourth-order valence-electron chi connectivity index (χ4n) is 0.966. The van der Waals surface area contributed by atoms with Gasteiger partial charge in [0, 0.05) is 6.42 Å². The number of hydrogen-bond donors (Lipinski definition) is 3. The lowest BCUT2D eigenvalue weighted by Crippen LogP contribution is -2.32. The van der Waals surface area contributed by atoms with Gasteiger partial charge in [-0.15, -0.1) is 0 Å². The van der Waals surface area contributed by atoms with E-state index in [1.807, 2.05) is 0 Å². The largest absolute Gasteiger partial charge is 0.393 e. The first kappa shape index (κ1) is 8.00. The Morgan fingerprint density at radius 2 is 2.27 bits per heavy atom. The number of nitrogens with one attached hydrogen (secondary N) is 2. The van der Waals surface area contributed by atoms with Crippen molar-refractivity contribution in [3.63, 3.8) is 0 Å². The van der Waals surface area contributed by atoms with E-state index in [4.69, 9.17) is 5.11 Å². The maximum Gasteiger partial charge on any atom is 0.322 e. The van der Waals surface area contributed by atoms with Crippen molar-refractivity contribution in [1.29, 1.82) is 0 Å². The highest BCUT2D eigenvalue weighted by Crippen LogP contribution is 2.01. The molecular weight excluding hydrogens is 148 g/mol. The quantitative estimate of drug-likeness (QED) is 0.449. The molecule has 5 heteroatoms. The first-order valence-electron chi connectivity index (χ1n) is 3.39. The van der Waals surface area contributed by atoms with Gasteiger partial charge >= 0.3 is 6.03 Å². The van der Waals surface area contributed by atoms with Gasteiger partial charge in [0.2, 0.25) is 0 Å². The van der Waals surface area contributed by atoms with Crippen LogP contribution in [0.4, 0.5) is 4.79 Å². The minimum Gasteiger partial charge on any atom is -0.393 e. The van der Waals surface area contributed by atoms with E-state index in [0.29, 0.717) is 0 Å². The molecule has 0 aromatic heterocycles. The van der Waals surface area contributed by atoms with E-state index >= 15 is 0 Å². The lowest BCUT2D eigenvalue weighted by Gasteiger charge is -2.07. The van der Waals surface area contributed by atoms with Gasteiger partial charge in [-0.3, -0.25) is 10.1 Å². The van der Waals surface area contributed by atoms with Gasteiger partial charge < -0.3 is 10.4 Å². The van der Waals surface area contributed by atoms with Crippen LogP contribution < -0.4 is 10.6 Å². The van der Waals surface area contributed by atoms with Crippen molar-refractivity contribution in [2.45, 2.75) is 25.5 Å². The van der Waals surface area contributed by atoms with Crippen LogP contribution in [0.1, 0.15) is 13.3 Å². The Hall–Kier alpha value is -1.10. The van der Waals surface area contributed by atoms with Gasteiger partial charge in [0.15, 0.2) is 0 Å². The van der Waals surface area contributed by atoms with Crippen molar-refractivity contribution >= 4 is 11.9 Å². The SMILES string of the molecule is CC(O)CC1NC(=O)NC1=O. The summed E-state index contributed by atoms with van der Waals surface area (Å²) in [6.45, 7) is 1.57. The highest BCUT2D eigenvalue weighted by atomic mass is 16.3. The second-order valence-electron chi connectivity index (χ2n) is 2.60. The number of carbonyl (C=O) groups excluding carboxylic acids is 2. The molecule has 2 unspecified atom stereocenters. The Morgan fingerprint density at radius 3 is 2.64 bits per heavy atom. The predicted octanol–water partition coefficient (Wildman–Crippen LogP) is -1.03. The summed E-state index contributed by atoms with van der Waals surface area (Å²) in [6, 6.07) is -1.05. The summed E-state index contributed by atoms with van der Waals surface area (Å²) < 4.78 is 0. The van der Waals surface area contributed by atoms with Crippen LogP contribution >= 0.6 is 0 Å². The predicted molar refractivity (Wildman–Crippen MR) is 36.8 cm³/mol.